The molecule has 8 nitrogen and oxygen atoms in total. The first-order chi connectivity index (χ1) is 15.4. The predicted octanol–water partition coefficient (Wildman–Crippen LogP) is 3.35. The third-order valence-electron chi connectivity index (χ3n) is 4.78. The highest BCUT2D eigenvalue weighted by molar-refractivity contribution is 9.10. The molecule has 9 heteroatoms. The summed E-state index contributed by atoms with van der Waals surface area (Å²) in [6.45, 7) is 4.12. The lowest BCUT2D eigenvalue weighted by Gasteiger charge is -2.20. The van der Waals surface area contributed by atoms with E-state index < -0.39 is 12.0 Å². The van der Waals surface area contributed by atoms with E-state index in [1.54, 1.807) is 38.3 Å². The number of rotatable bonds is 11. The van der Waals surface area contributed by atoms with Gasteiger partial charge in [-0.2, -0.15) is 0 Å². The summed E-state index contributed by atoms with van der Waals surface area (Å²) in [6.07, 6.45) is 7.72. The summed E-state index contributed by atoms with van der Waals surface area (Å²) in [6, 6.07) is 3.03. The minimum absolute atomic E-state index is 0.101. The first kappa shape index (κ1) is 25.5. The molecule has 1 aliphatic rings. The molecule has 1 aliphatic heterocycles. The van der Waals surface area contributed by atoms with Gasteiger partial charge in [-0.15, -0.1) is 0 Å². The number of carbonyl (C=O) groups is 3. The SMILES string of the molecule is CCCC(CC(/C=C/C(=O)OCC)NC(=O)/C=C/c1cc2c(cc1Br)OCO2)C(=O)NC. The van der Waals surface area contributed by atoms with E-state index in [1.165, 1.54) is 12.2 Å². The Hall–Kier alpha value is -2.81. The smallest absolute Gasteiger partial charge is 0.330 e. The van der Waals surface area contributed by atoms with Crippen LogP contribution >= 0.6 is 15.9 Å². The van der Waals surface area contributed by atoms with Crippen LogP contribution in [0.4, 0.5) is 0 Å². The van der Waals surface area contributed by atoms with Crippen molar-refractivity contribution < 1.29 is 28.6 Å². The summed E-state index contributed by atoms with van der Waals surface area (Å²) in [7, 11) is 1.58. The maximum absolute atomic E-state index is 12.6. The zero-order valence-electron chi connectivity index (χ0n) is 18.5. The van der Waals surface area contributed by atoms with Gasteiger partial charge in [0.25, 0.3) is 0 Å². The summed E-state index contributed by atoms with van der Waals surface area (Å²) in [5.74, 6) is -0.0151. The highest BCUT2D eigenvalue weighted by Crippen LogP contribution is 2.37. The van der Waals surface area contributed by atoms with Crippen LogP contribution in [0.15, 0.2) is 34.8 Å². The first-order valence-corrected chi connectivity index (χ1v) is 11.3. The van der Waals surface area contributed by atoms with Crippen molar-refractivity contribution in [2.24, 2.45) is 5.92 Å². The fourth-order valence-corrected chi connectivity index (χ4v) is 3.70. The van der Waals surface area contributed by atoms with Gasteiger partial charge in [0.15, 0.2) is 11.5 Å². The maximum atomic E-state index is 12.6. The van der Waals surface area contributed by atoms with Gasteiger partial charge in [0, 0.05) is 35.6 Å². The Balaban J connectivity index is 2.12. The Labute approximate surface area is 196 Å². The van der Waals surface area contributed by atoms with Crippen LogP contribution in [0.25, 0.3) is 6.08 Å². The van der Waals surface area contributed by atoms with Crippen LogP contribution < -0.4 is 20.1 Å². The average molecular weight is 509 g/mol. The van der Waals surface area contributed by atoms with Gasteiger partial charge in [-0.1, -0.05) is 35.4 Å². The van der Waals surface area contributed by atoms with E-state index in [9.17, 15) is 14.4 Å². The normalized spacial score (nSPS) is 14.4. The van der Waals surface area contributed by atoms with E-state index in [4.69, 9.17) is 14.2 Å². The molecule has 0 saturated heterocycles. The standard InChI is InChI=1S/C23H29BrN2O6/c1-4-6-16(23(29)25-3)11-17(8-10-22(28)30-5-2)26-21(27)9-7-15-12-19-20(13-18(15)24)32-14-31-19/h7-10,12-13,16-17H,4-6,11,14H2,1-3H3,(H,25,29)(H,26,27)/b9-7+,10-8+. The number of nitrogens with one attached hydrogen (secondary N) is 2. The molecule has 2 atom stereocenters. The molecular formula is C23H29BrN2O6. The Morgan fingerprint density at radius 2 is 1.91 bits per heavy atom. The minimum atomic E-state index is -0.523. The summed E-state index contributed by atoms with van der Waals surface area (Å²) in [5.41, 5.74) is 0.747. The van der Waals surface area contributed by atoms with Gasteiger partial charge in [-0.25, -0.2) is 4.79 Å². The van der Waals surface area contributed by atoms with Crippen LogP contribution in [-0.2, 0) is 19.1 Å². The van der Waals surface area contributed by atoms with E-state index in [-0.39, 0.29) is 31.1 Å². The predicted molar refractivity (Wildman–Crippen MR) is 124 cm³/mol. The molecule has 2 N–H and O–H groups in total. The fraction of sp³-hybridized carbons (Fsp3) is 0.435. The number of hydrogen-bond donors (Lipinski definition) is 2. The topological polar surface area (TPSA) is 103 Å². The second-order valence-electron chi connectivity index (χ2n) is 7.12. The molecule has 1 aromatic carbocycles. The van der Waals surface area contributed by atoms with Gasteiger partial charge >= 0.3 is 5.97 Å². The van der Waals surface area contributed by atoms with E-state index in [0.717, 1.165) is 16.5 Å². The second kappa shape index (κ2) is 12.9. The van der Waals surface area contributed by atoms with Gasteiger partial charge in [-0.3, -0.25) is 9.59 Å². The van der Waals surface area contributed by atoms with E-state index in [2.05, 4.69) is 26.6 Å². The quantitative estimate of drug-likeness (QED) is 0.351. The van der Waals surface area contributed by atoms with Gasteiger partial charge in [0.1, 0.15) is 0 Å². The highest BCUT2D eigenvalue weighted by Gasteiger charge is 2.21. The minimum Gasteiger partial charge on any atom is -0.463 e. The Kier molecular flexibility index (Phi) is 10.3. The average Bonchev–Trinajstić information content (AvgIpc) is 3.22. The molecule has 0 saturated carbocycles. The lowest BCUT2D eigenvalue weighted by molar-refractivity contribution is -0.137. The zero-order chi connectivity index (χ0) is 23.5. The second-order valence-corrected chi connectivity index (χ2v) is 7.98. The van der Waals surface area contributed by atoms with Gasteiger partial charge in [0.05, 0.1) is 6.61 Å². The molecule has 2 rings (SSSR count). The molecule has 2 unspecified atom stereocenters. The third-order valence-corrected chi connectivity index (χ3v) is 5.46. The molecular weight excluding hydrogens is 480 g/mol. The van der Waals surface area contributed by atoms with Crippen LogP contribution in [0.3, 0.4) is 0 Å². The number of carbonyl (C=O) groups excluding carboxylic acids is 3. The van der Waals surface area contributed by atoms with Gasteiger partial charge < -0.3 is 24.8 Å². The molecule has 0 aliphatic carbocycles. The Bertz CT molecular complexity index is 883. The summed E-state index contributed by atoms with van der Waals surface area (Å²) in [4.78, 5) is 36.6. The molecule has 0 aromatic heterocycles. The van der Waals surface area contributed by atoms with Crippen LogP contribution in [-0.4, -0.2) is 44.3 Å². The Morgan fingerprint density at radius 1 is 1.19 bits per heavy atom. The van der Waals surface area contributed by atoms with Crippen molar-refractivity contribution in [3.8, 4) is 11.5 Å². The Morgan fingerprint density at radius 3 is 2.56 bits per heavy atom. The van der Waals surface area contributed by atoms with Gasteiger partial charge in [0.2, 0.25) is 18.6 Å². The lowest BCUT2D eigenvalue weighted by atomic mass is 9.94. The zero-order valence-corrected chi connectivity index (χ0v) is 20.1. The van der Waals surface area contributed by atoms with Crippen molar-refractivity contribution in [1.29, 1.82) is 0 Å². The fourth-order valence-electron chi connectivity index (χ4n) is 3.24. The number of esters is 1. The highest BCUT2D eigenvalue weighted by atomic mass is 79.9. The molecule has 1 heterocycles. The monoisotopic (exact) mass is 508 g/mol. The lowest BCUT2D eigenvalue weighted by Crippen LogP contribution is -2.37. The van der Waals surface area contributed by atoms with Crippen molar-refractivity contribution in [2.45, 2.75) is 39.2 Å². The third kappa shape index (κ3) is 7.71. The number of amides is 2. The number of ether oxygens (including phenoxy) is 3. The summed E-state index contributed by atoms with van der Waals surface area (Å²) < 4.78 is 16.4. The van der Waals surface area contributed by atoms with E-state index >= 15 is 0 Å². The maximum Gasteiger partial charge on any atom is 0.330 e. The molecule has 0 fully saturated rings. The molecule has 2 amide bonds. The van der Waals surface area contributed by atoms with Crippen molar-refractivity contribution >= 4 is 39.8 Å². The van der Waals surface area contributed by atoms with Crippen LogP contribution in [0.5, 0.6) is 11.5 Å². The van der Waals surface area contributed by atoms with E-state index in [0.29, 0.717) is 24.3 Å². The van der Waals surface area contributed by atoms with Crippen molar-refractivity contribution in [1.82, 2.24) is 10.6 Å². The first-order valence-electron chi connectivity index (χ1n) is 10.5. The van der Waals surface area contributed by atoms with Crippen LogP contribution in [0, 0.1) is 5.92 Å². The molecule has 0 radical (unpaired) electrons. The largest absolute Gasteiger partial charge is 0.463 e. The van der Waals surface area contributed by atoms with Crippen LogP contribution in [0.1, 0.15) is 38.7 Å². The van der Waals surface area contributed by atoms with Gasteiger partial charge in [-0.05, 0) is 43.5 Å². The molecule has 32 heavy (non-hydrogen) atoms. The van der Waals surface area contributed by atoms with Crippen molar-refractivity contribution in [3.05, 3.63) is 40.4 Å². The molecule has 0 bridgehead atoms. The number of halogens is 1. The number of fused-ring (bicyclic) bond motifs is 1. The summed E-state index contributed by atoms with van der Waals surface area (Å²) in [5, 5.41) is 5.51. The van der Waals surface area contributed by atoms with E-state index in [1.807, 2.05) is 6.92 Å². The van der Waals surface area contributed by atoms with Crippen molar-refractivity contribution in [3.63, 3.8) is 0 Å². The number of benzene rings is 1. The summed E-state index contributed by atoms with van der Waals surface area (Å²) >= 11 is 3.45. The molecule has 174 valence electrons. The molecule has 1 aromatic rings. The molecule has 0 spiro atoms. The van der Waals surface area contributed by atoms with Crippen molar-refractivity contribution in [2.75, 3.05) is 20.4 Å². The van der Waals surface area contributed by atoms with Crippen LogP contribution in [0.2, 0.25) is 0 Å². The number of hydrogen-bond acceptors (Lipinski definition) is 6.